The lowest BCUT2D eigenvalue weighted by molar-refractivity contribution is -0.121. The maximum atomic E-state index is 11.0. The third-order valence-corrected chi connectivity index (χ3v) is 1.42. The molecule has 0 saturated carbocycles. The Morgan fingerprint density at radius 3 is 2.69 bits per heavy atom. The van der Waals surface area contributed by atoms with Crippen molar-refractivity contribution in [2.75, 3.05) is 26.8 Å². The summed E-state index contributed by atoms with van der Waals surface area (Å²) >= 11 is 4.57. The summed E-state index contributed by atoms with van der Waals surface area (Å²) in [6.07, 6.45) is 0.362. The molecule has 0 fully saturated rings. The van der Waals surface area contributed by atoms with Crippen molar-refractivity contribution >= 4 is 23.2 Å². The van der Waals surface area contributed by atoms with Gasteiger partial charge >= 0.3 is 0 Å². The van der Waals surface area contributed by atoms with Gasteiger partial charge in [-0.15, -0.1) is 0 Å². The first kappa shape index (κ1) is 12.1. The van der Waals surface area contributed by atoms with E-state index in [4.69, 9.17) is 10.5 Å². The van der Waals surface area contributed by atoms with Crippen LogP contribution in [-0.2, 0) is 9.53 Å². The van der Waals surface area contributed by atoms with E-state index in [1.807, 2.05) is 0 Å². The minimum atomic E-state index is -0.0409. The Morgan fingerprint density at radius 1 is 1.46 bits per heavy atom. The Balaban J connectivity index is 3.25. The van der Waals surface area contributed by atoms with Crippen LogP contribution in [0.2, 0.25) is 0 Å². The Bertz CT molecular complexity index is 175. The molecule has 0 unspecified atom stereocenters. The van der Waals surface area contributed by atoms with Crippen LogP contribution in [0.25, 0.3) is 0 Å². The summed E-state index contributed by atoms with van der Waals surface area (Å²) in [5.74, 6) is -0.0409. The third kappa shape index (κ3) is 9.03. The molecule has 0 radical (unpaired) electrons. The van der Waals surface area contributed by atoms with Gasteiger partial charge in [-0.05, 0) is 12.2 Å². The number of amides is 1. The van der Waals surface area contributed by atoms with Crippen LogP contribution in [0.15, 0.2) is 0 Å². The average molecular weight is 205 g/mol. The van der Waals surface area contributed by atoms with E-state index in [0.29, 0.717) is 26.1 Å². The maximum Gasteiger partial charge on any atom is 0.221 e. The van der Waals surface area contributed by atoms with Gasteiger partial charge in [0, 0.05) is 26.6 Å². The third-order valence-electron chi connectivity index (χ3n) is 1.28. The van der Waals surface area contributed by atoms with Crippen molar-refractivity contribution in [2.45, 2.75) is 6.42 Å². The van der Waals surface area contributed by atoms with Gasteiger partial charge in [0.2, 0.25) is 5.91 Å². The molecule has 13 heavy (non-hydrogen) atoms. The number of ether oxygens (including phenoxy) is 1. The van der Waals surface area contributed by atoms with E-state index in [-0.39, 0.29) is 11.0 Å². The lowest BCUT2D eigenvalue weighted by Crippen LogP contribution is -2.34. The van der Waals surface area contributed by atoms with Crippen molar-refractivity contribution in [2.24, 2.45) is 5.73 Å². The number of hydrogen-bond donors (Lipinski definition) is 3. The summed E-state index contributed by atoms with van der Waals surface area (Å²) in [6, 6.07) is 0. The Hall–Kier alpha value is -0.880. The molecular weight excluding hydrogens is 190 g/mol. The van der Waals surface area contributed by atoms with Crippen molar-refractivity contribution in [1.82, 2.24) is 10.6 Å². The van der Waals surface area contributed by atoms with Crippen molar-refractivity contribution in [3.63, 3.8) is 0 Å². The van der Waals surface area contributed by atoms with Gasteiger partial charge in [0.15, 0.2) is 5.11 Å². The first-order chi connectivity index (χ1) is 6.16. The number of nitrogens with one attached hydrogen (secondary N) is 2. The van der Waals surface area contributed by atoms with E-state index in [9.17, 15) is 4.79 Å². The predicted octanol–water partition coefficient (Wildman–Crippen LogP) is -1.03. The fourth-order valence-corrected chi connectivity index (χ4v) is 0.782. The molecule has 4 N–H and O–H groups in total. The molecule has 0 rings (SSSR count). The summed E-state index contributed by atoms with van der Waals surface area (Å²) in [6.45, 7) is 1.52. The Morgan fingerprint density at radius 2 is 2.15 bits per heavy atom. The van der Waals surface area contributed by atoms with Crippen LogP contribution in [0.1, 0.15) is 6.42 Å². The number of nitrogens with two attached hydrogens (primary N) is 1. The smallest absolute Gasteiger partial charge is 0.221 e. The van der Waals surface area contributed by atoms with Crippen molar-refractivity contribution in [1.29, 1.82) is 0 Å². The highest BCUT2D eigenvalue weighted by Crippen LogP contribution is 1.76. The van der Waals surface area contributed by atoms with Crippen LogP contribution in [-0.4, -0.2) is 37.8 Å². The molecule has 6 heteroatoms. The molecule has 0 heterocycles. The van der Waals surface area contributed by atoms with Crippen molar-refractivity contribution < 1.29 is 9.53 Å². The van der Waals surface area contributed by atoms with E-state index in [0.717, 1.165) is 0 Å². The van der Waals surface area contributed by atoms with Gasteiger partial charge in [0.25, 0.3) is 0 Å². The Kier molecular flexibility index (Phi) is 7.23. The molecule has 5 nitrogen and oxygen atoms in total. The number of methoxy groups -OCH3 is 1. The lowest BCUT2D eigenvalue weighted by Gasteiger charge is -2.05. The van der Waals surface area contributed by atoms with Crippen molar-refractivity contribution in [3.05, 3.63) is 0 Å². The predicted molar refractivity (Wildman–Crippen MR) is 54.3 cm³/mol. The second-order valence-corrected chi connectivity index (χ2v) is 2.82. The molecule has 0 bridgehead atoms. The molecule has 0 aliphatic rings. The lowest BCUT2D eigenvalue weighted by atomic mass is 10.4. The van der Waals surface area contributed by atoms with Crippen LogP contribution < -0.4 is 16.4 Å². The molecule has 76 valence electrons. The van der Waals surface area contributed by atoms with E-state index in [1.165, 1.54) is 0 Å². The van der Waals surface area contributed by atoms with E-state index in [2.05, 4.69) is 22.9 Å². The van der Waals surface area contributed by atoms with E-state index >= 15 is 0 Å². The summed E-state index contributed by atoms with van der Waals surface area (Å²) in [4.78, 5) is 11.0. The zero-order valence-electron chi connectivity index (χ0n) is 7.63. The molecule has 0 aromatic rings. The fraction of sp³-hybridized carbons (Fsp3) is 0.714. The van der Waals surface area contributed by atoms with Gasteiger partial charge in [0.1, 0.15) is 0 Å². The van der Waals surface area contributed by atoms with Gasteiger partial charge < -0.3 is 21.1 Å². The summed E-state index contributed by atoms with van der Waals surface area (Å²) < 4.78 is 4.76. The molecule has 0 atom stereocenters. The monoisotopic (exact) mass is 205 g/mol. The second kappa shape index (κ2) is 7.75. The van der Waals surface area contributed by atoms with Crippen LogP contribution >= 0.6 is 12.2 Å². The highest BCUT2D eigenvalue weighted by molar-refractivity contribution is 7.80. The van der Waals surface area contributed by atoms with Crippen LogP contribution in [0.3, 0.4) is 0 Å². The fourth-order valence-electron chi connectivity index (χ4n) is 0.680. The van der Waals surface area contributed by atoms with E-state index in [1.54, 1.807) is 7.11 Å². The summed E-state index contributed by atoms with van der Waals surface area (Å²) in [5, 5.41) is 5.57. The van der Waals surface area contributed by atoms with Gasteiger partial charge in [0.05, 0.1) is 6.61 Å². The standard InChI is InChI=1S/C7H15N3O2S/c1-12-5-4-9-6(11)2-3-10-7(8)13/h2-5H2,1H3,(H,9,11)(H3,8,10,13). The minimum absolute atomic E-state index is 0.0409. The zero-order chi connectivity index (χ0) is 10.1. The van der Waals surface area contributed by atoms with Crippen LogP contribution in [0.5, 0.6) is 0 Å². The molecule has 0 saturated heterocycles. The molecular formula is C7H15N3O2S. The average Bonchev–Trinajstić information content (AvgIpc) is 2.04. The van der Waals surface area contributed by atoms with Gasteiger partial charge in [-0.2, -0.15) is 0 Å². The summed E-state index contributed by atoms with van der Waals surface area (Å²) in [7, 11) is 1.58. The molecule has 0 aliphatic heterocycles. The highest BCUT2D eigenvalue weighted by Gasteiger charge is 1.99. The minimum Gasteiger partial charge on any atom is -0.383 e. The highest BCUT2D eigenvalue weighted by atomic mass is 32.1. The number of rotatable bonds is 6. The first-order valence-electron chi connectivity index (χ1n) is 3.95. The zero-order valence-corrected chi connectivity index (χ0v) is 8.45. The number of thiocarbonyl (C=S) groups is 1. The molecule has 0 aliphatic carbocycles. The number of carbonyl (C=O) groups is 1. The normalized spacial score (nSPS) is 9.31. The topological polar surface area (TPSA) is 76.4 Å². The second-order valence-electron chi connectivity index (χ2n) is 2.38. The molecule has 0 aromatic heterocycles. The van der Waals surface area contributed by atoms with Crippen LogP contribution in [0.4, 0.5) is 0 Å². The number of hydrogen-bond acceptors (Lipinski definition) is 3. The quantitative estimate of drug-likeness (QED) is 0.382. The van der Waals surface area contributed by atoms with Gasteiger partial charge in [-0.1, -0.05) is 0 Å². The number of carbonyl (C=O) groups excluding carboxylic acids is 1. The SMILES string of the molecule is COCCNC(=O)CCNC(N)=S. The molecule has 0 spiro atoms. The van der Waals surface area contributed by atoms with Crippen LogP contribution in [0, 0.1) is 0 Å². The molecule has 1 amide bonds. The van der Waals surface area contributed by atoms with E-state index < -0.39 is 0 Å². The largest absolute Gasteiger partial charge is 0.383 e. The van der Waals surface area contributed by atoms with Gasteiger partial charge in [-0.3, -0.25) is 4.79 Å². The van der Waals surface area contributed by atoms with Gasteiger partial charge in [-0.25, -0.2) is 0 Å². The first-order valence-corrected chi connectivity index (χ1v) is 4.36. The maximum absolute atomic E-state index is 11.0. The Labute approximate surface area is 83.0 Å². The molecule has 0 aromatic carbocycles. The van der Waals surface area contributed by atoms with Crippen molar-refractivity contribution in [3.8, 4) is 0 Å². The summed E-state index contributed by atoms with van der Waals surface area (Å²) in [5.41, 5.74) is 5.17.